The highest BCUT2D eigenvalue weighted by molar-refractivity contribution is 7.80. The second kappa shape index (κ2) is 33.1. The number of hydrogen-bond donors (Lipinski definition) is 7. The molecule has 1 saturated heterocycles. The predicted molar refractivity (Wildman–Crippen MR) is 219 cm³/mol. The Bertz CT molecular complexity index is 1170. The molecular formula is C42H77NO12S. The Hall–Kier alpha value is -1.72. The van der Waals surface area contributed by atoms with Gasteiger partial charge in [-0.15, -0.1) is 0 Å². The van der Waals surface area contributed by atoms with Crippen molar-refractivity contribution >= 4 is 16.3 Å². The van der Waals surface area contributed by atoms with E-state index in [1.165, 1.54) is 63.9 Å². The number of unbranched alkanes of at least 4 members (excludes halogenated alkanes) is 18. The lowest BCUT2D eigenvalue weighted by molar-refractivity contribution is -0.298. The highest BCUT2D eigenvalue weighted by atomic mass is 32.3. The average Bonchev–Trinajstić information content (AvgIpc) is 3.16. The number of aliphatic hydroxyl groups is 5. The zero-order valence-corrected chi connectivity index (χ0v) is 35.1. The summed E-state index contributed by atoms with van der Waals surface area (Å²) in [5, 5.41) is 54.9. The summed E-state index contributed by atoms with van der Waals surface area (Å²) in [4.78, 5) is 13.0. The zero-order chi connectivity index (χ0) is 41.4. The first-order chi connectivity index (χ1) is 26.9. The smallest absolute Gasteiger partial charge is 0.394 e. The van der Waals surface area contributed by atoms with Crippen LogP contribution in [0.3, 0.4) is 0 Å². The van der Waals surface area contributed by atoms with Crippen molar-refractivity contribution in [3.8, 4) is 0 Å². The third-order valence-corrected chi connectivity index (χ3v) is 10.5. The van der Waals surface area contributed by atoms with Crippen molar-refractivity contribution in [1.82, 2.24) is 5.32 Å². The first-order valence-corrected chi connectivity index (χ1v) is 22.8. The largest absolute Gasteiger partial charge is 0.397 e. The minimum absolute atomic E-state index is 0.229. The summed E-state index contributed by atoms with van der Waals surface area (Å²) in [5.74, 6) is -0.721. The number of hydrogen-bond acceptors (Lipinski definition) is 11. The van der Waals surface area contributed by atoms with Crippen molar-refractivity contribution < 1.29 is 57.0 Å². The number of rotatable bonds is 35. The van der Waals surface area contributed by atoms with Crippen LogP contribution < -0.4 is 5.32 Å². The number of carbonyl (C=O) groups excluding carboxylic acids is 1. The van der Waals surface area contributed by atoms with Crippen LogP contribution in [0.4, 0.5) is 0 Å². The molecule has 8 unspecified atom stereocenters. The van der Waals surface area contributed by atoms with Crippen LogP contribution in [0, 0.1) is 0 Å². The Morgan fingerprint density at radius 1 is 0.714 bits per heavy atom. The number of carbonyl (C=O) groups is 1. The van der Waals surface area contributed by atoms with Crippen LogP contribution in [0.5, 0.6) is 0 Å². The molecule has 14 heteroatoms. The number of aliphatic hydroxyl groups excluding tert-OH is 5. The molecule has 1 fully saturated rings. The summed E-state index contributed by atoms with van der Waals surface area (Å²) >= 11 is 0. The van der Waals surface area contributed by atoms with Gasteiger partial charge >= 0.3 is 10.4 Å². The molecular weight excluding hydrogens is 743 g/mol. The quantitative estimate of drug-likeness (QED) is 0.0207. The molecule has 1 rings (SSSR count). The van der Waals surface area contributed by atoms with Gasteiger partial charge in [0.2, 0.25) is 5.91 Å². The van der Waals surface area contributed by atoms with E-state index in [0.29, 0.717) is 12.8 Å². The molecule has 56 heavy (non-hydrogen) atoms. The summed E-state index contributed by atoms with van der Waals surface area (Å²) in [5.41, 5.74) is 0. The van der Waals surface area contributed by atoms with Crippen molar-refractivity contribution in [3.63, 3.8) is 0 Å². The summed E-state index contributed by atoms with van der Waals surface area (Å²) in [7, 11) is -5.12. The maximum atomic E-state index is 13.0. The number of nitrogens with one attached hydrogen (secondary N) is 1. The van der Waals surface area contributed by atoms with E-state index >= 15 is 0 Å². The molecule has 328 valence electrons. The Morgan fingerprint density at radius 3 is 1.75 bits per heavy atom. The van der Waals surface area contributed by atoms with Gasteiger partial charge in [0, 0.05) is 0 Å². The maximum absolute atomic E-state index is 13.0. The van der Waals surface area contributed by atoms with Gasteiger partial charge < -0.3 is 40.3 Å². The fourth-order valence-corrected chi connectivity index (χ4v) is 7.04. The van der Waals surface area contributed by atoms with Crippen molar-refractivity contribution in [2.75, 3.05) is 13.2 Å². The molecule has 8 atom stereocenters. The molecule has 1 aliphatic heterocycles. The summed E-state index contributed by atoms with van der Waals surface area (Å²) in [6, 6.07) is -1.14. The van der Waals surface area contributed by atoms with E-state index in [9.17, 15) is 38.7 Å². The van der Waals surface area contributed by atoms with Crippen molar-refractivity contribution in [2.24, 2.45) is 0 Å². The van der Waals surface area contributed by atoms with Gasteiger partial charge in [0.05, 0.1) is 25.4 Å². The van der Waals surface area contributed by atoms with Gasteiger partial charge in [0.25, 0.3) is 0 Å². The fraction of sp³-hybridized carbons (Fsp3) is 0.833. The molecule has 0 spiro atoms. The number of amides is 1. The van der Waals surface area contributed by atoms with Crippen LogP contribution in [0.1, 0.15) is 162 Å². The summed E-state index contributed by atoms with van der Waals surface area (Å²) in [6.07, 6.45) is 25.4. The summed E-state index contributed by atoms with van der Waals surface area (Å²) < 4.78 is 47.3. The second-order valence-electron chi connectivity index (χ2n) is 15.1. The minimum Gasteiger partial charge on any atom is -0.394 e. The molecule has 1 heterocycles. The first-order valence-electron chi connectivity index (χ1n) is 21.5. The molecule has 0 saturated carbocycles. The second-order valence-corrected chi connectivity index (χ2v) is 16.1. The Kier molecular flexibility index (Phi) is 31.0. The van der Waals surface area contributed by atoms with E-state index in [-0.39, 0.29) is 6.42 Å². The lowest BCUT2D eigenvalue weighted by atomic mass is 9.99. The van der Waals surface area contributed by atoms with E-state index in [4.69, 9.17) is 14.0 Å². The van der Waals surface area contributed by atoms with Crippen LogP contribution in [-0.4, -0.2) is 107 Å². The van der Waals surface area contributed by atoms with E-state index < -0.39 is 78.5 Å². The average molecular weight is 820 g/mol. The van der Waals surface area contributed by atoms with Crippen LogP contribution in [0.25, 0.3) is 0 Å². The maximum Gasteiger partial charge on any atom is 0.397 e. The van der Waals surface area contributed by atoms with Crippen molar-refractivity contribution in [2.45, 2.75) is 210 Å². The van der Waals surface area contributed by atoms with Gasteiger partial charge in [-0.1, -0.05) is 140 Å². The van der Waals surface area contributed by atoms with E-state index in [2.05, 4.69) is 47.7 Å². The zero-order valence-electron chi connectivity index (χ0n) is 34.3. The summed E-state index contributed by atoms with van der Waals surface area (Å²) in [6.45, 7) is 3.11. The third kappa shape index (κ3) is 25.6. The molecule has 0 aromatic carbocycles. The van der Waals surface area contributed by atoms with Gasteiger partial charge in [-0.2, -0.15) is 8.42 Å². The van der Waals surface area contributed by atoms with Crippen LogP contribution in [0.2, 0.25) is 0 Å². The molecule has 7 N–H and O–H groups in total. The van der Waals surface area contributed by atoms with Gasteiger partial charge in [0.15, 0.2) is 6.29 Å². The monoisotopic (exact) mass is 820 g/mol. The van der Waals surface area contributed by atoms with Gasteiger partial charge in [-0.3, -0.25) is 9.35 Å². The van der Waals surface area contributed by atoms with Gasteiger partial charge in [-0.25, -0.2) is 4.18 Å². The Morgan fingerprint density at radius 2 is 1.20 bits per heavy atom. The number of allylic oxidation sites excluding steroid dienone is 5. The highest BCUT2D eigenvalue weighted by Crippen LogP contribution is 2.26. The first kappa shape index (κ1) is 52.3. The predicted octanol–water partition coefficient (Wildman–Crippen LogP) is 6.52. The number of ether oxygens (including phenoxy) is 2. The van der Waals surface area contributed by atoms with Crippen molar-refractivity contribution in [1.29, 1.82) is 0 Å². The molecule has 0 radical (unpaired) electrons. The van der Waals surface area contributed by atoms with Crippen molar-refractivity contribution in [3.05, 3.63) is 36.5 Å². The third-order valence-electron chi connectivity index (χ3n) is 10.0. The molecule has 0 bridgehead atoms. The SMILES string of the molecule is CCCCC/C=C/CC/C=C/C(O)C(COC1OC(CO)C(O)C(OS(=O)(=O)O)C1O)NC(=O)C(O)CCCCCCCC/C=C\CCCCCCCCCC. The lowest BCUT2D eigenvalue weighted by Gasteiger charge is -2.41. The molecule has 0 aromatic heterocycles. The van der Waals surface area contributed by atoms with Gasteiger partial charge in [-0.05, 0) is 57.8 Å². The topological polar surface area (TPSA) is 212 Å². The molecule has 0 aromatic rings. The molecule has 0 aliphatic carbocycles. The standard InChI is InChI=1S/C42H77NO12S/c1-3-5-7-9-11-13-14-15-16-17-18-19-20-21-23-25-27-29-31-36(46)41(49)43-34(35(45)30-28-26-24-22-12-10-8-6-4-2)33-53-42-39(48)40(55-56(50,51)52)38(47)37(32-44)54-42/h12,17-18,22,28,30,34-40,42,44-48H,3-11,13-16,19-21,23-27,29,31-33H2,1-2H3,(H,43,49)(H,50,51,52)/b18-17-,22-12+,30-28+. The normalized spacial score (nSPS) is 22.3. The fourth-order valence-electron chi connectivity index (χ4n) is 6.53. The molecule has 13 nitrogen and oxygen atoms in total. The lowest BCUT2D eigenvalue weighted by Crippen LogP contribution is -2.61. The minimum atomic E-state index is -5.12. The van der Waals surface area contributed by atoms with E-state index in [1.54, 1.807) is 6.08 Å². The van der Waals surface area contributed by atoms with E-state index in [1.807, 2.05) is 0 Å². The molecule has 1 amide bonds. The Balaban J connectivity index is 2.57. The molecule has 1 aliphatic rings. The van der Waals surface area contributed by atoms with Crippen LogP contribution >= 0.6 is 0 Å². The highest BCUT2D eigenvalue weighted by Gasteiger charge is 2.48. The van der Waals surface area contributed by atoms with Gasteiger partial charge in [0.1, 0.15) is 30.5 Å². The van der Waals surface area contributed by atoms with Crippen LogP contribution in [0.15, 0.2) is 36.5 Å². The van der Waals surface area contributed by atoms with E-state index in [0.717, 1.165) is 70.6 Å². The Labute approximate surface area is 337 Å². The van der Waals surface area contributed by atoms with Crippen LogP contribution in [-0.2, 0) is 28.9 Å².